The van der Waals surface area contributed by atoms with Crippen LogP contribution in [0.2, 0.25) is 5.02 Å². The van der Waals surface area contributed by atoms with Gasteiger partial charge >= 0.3 is 16.1 Å². The van der Waals surface area contributed by atoms with Crippen molar-refractivity contribution in [2.45, 2.75) is 18.2 Å². The van der Waals surface area contributed by atoms with Crippen molar-refractivity contribution in [3.63, 3.8) is 0 Å². The molecule has 1 fully saturated rings. The molecule has 0 aliphatic carbocycles. The van der Waals surface area contributed by atoms with Crippen LogP contribution < -0.4 is 23.9 Å². The van der Waals surface area contributed by atoms with E-state index in [1.165, 1.54) is 67.8 Å². The highest BCUT2D eigenvalue weighted by atomic mass is 35.5. The molecule has 12 heteroatoms. The molecule has 0 spiro atoms. The Bertz CT molecular complexity index is 1650. The van der Waals surface area contributed by atoms with Crippen molar-refractivity contribution in [3.05, 3.63) is 95.0 Å². The van der Waals surface area contributed by atoms with Crippen molar-refractivity contribution < 1.29 is 36.5 Å². The molecule has 0 saturated carbocycles. The number of ether oxygens (including phenoxy) is 2. The van der Waals surface area contributed by atoms with E-state index in [4.69, 9.17) is 25.3 Å². The first-order valence-corrected chi connectivity index (χ1v) is 14.0. The number of urea groups is 1. The summed E-state index contributed by atoms with van der Waals surface area (Å²) in [5.41, 5.74) is 0.573. The van der Waals surface area contributed by atoms with E-state index < -0.39 is 28.0 Å². The highest BCUT2D eigenvalue weighted by Gasteiger charge is 2.37. The average molecular weight is 597 g/mol. The van der Waals surface area contributed by atoms with Crippen LogP contribution in [-0.4, -0.2) is 40.0 Å². The maximum Gasteiger partial charge on any atom is 0.339 e. The fourth-order valence-corrected chi connectivity index (χ4v) is 5.10. The van der Waals surface area contributed by atoms with Crippen LogP contribution in [-0.2, 0) is 26.1 Å². The number of carbonyl (C=O) groups excluding carboxylic acids is 3. The van der Waals surface area contributed by atoms with Crippen LogP contribution in [0, 0.1) is 0 Å². The van der Waals surface area contributed by atoms with Crippen LogP contribution in [0.15, 0.2) is 83.8 Å². The number of hydrogen-bond donors (Lipinski definition) is 1. The van der Waals surface area contributed by atoms with E-state index >= 15 is 0 Å². The summed E-state index contributed by atoms with van der Waals surface area (Å²) in [4.78, 5) is 39.3. The predicted molar refractivity (Wildman–Crippen MR) is 153 cm³/mol. The lowest BCUT2D eigenvalue weighted by Crippen LogP contribution is -2.54. The number of allylic oxidation sites excluding steroid dienone is 1. The fourth-order valence-electron chi connectivity index (χ4n) is 4.00. The van der Waals surface area contributed by atoms with Crippen LogP contribution in [0.5, 0.6) is 17.2 Å². The fraction of sp³-hybridized carbons (Fsp3) is 0.138. The van der Waals surface area contributed by atoms with E-state index in [0.29, 0.717) is 28.5 Å². The zero-order valence-electron chi connectivity index (χ0n) is 22.0. The summed E-state index contributed by atoms with van der Waals surface area (Å²) < 4.78 is 42.2. The van der Waals surface area contributed by atoms with Crippen LogP contribution in [0.25, 0.3) is 6.08 Å². The molecule has 4 rings (SSSR count). The predicted octanol–water partition coefficient (Wildman–Crippen LogP) is 4.91. The normalized spacial score (nSPS) is 14.6. The Morgan fingerprint density at radius 1 is 1.02 bits per heavy atom. The van der Waals surface area contributed by atoms with Gasteiger partial charge in [0.15, 0.2) is 11.5 Å². The van der Waals surface area contributed by atoms with E-state index in [0.717, 1.165) is 4.90 Å². The van der Waals surface area contributed by atoms with Crippen LogP contribution in [0.4, 0.5) is 10.5 Å². The third-order valence-electron chi connectivity index (χ3n) is 5.85. The monoisotopic (exact) mass is 596 g/mol. The standard InChI is InChI=1S/C29H25ClN2O8S/c1-4-6-19-15-18(17-25(38-3)26(19)40-41(36,37)23-13-7-20(30)8-14-23)16-24-27(33)31-29(35)32(28(24)34)21-9-11-22(12-10-21)39-5-2/h4,7-17H,1,5-6H2,2-3H3,(H,31,33,35)/b24-16+. The van der Waals surface area contributed by atoms with Crippen molar-refractivity contribution in [1.29, 1.82) is 0 Å². The summed E-state index contributed by atoms with van der Waals surface area (Å²) in [6.45, 7) is 5.98. The number of nitrogens with zero attached hydrogens (tertiary/aromatic N) is 1. The van der Waals surface area contributed by atoms with Crippen molar-refractivity contribution >= 4 is 51.3 Å². The van der Waals surface area contributed by atoms with Gasteiger partial charge in [0.2, 0.25) is 0 Å². The summed E-state index contributed by atoms with van der Waals surface area (Å²) in [6.07, 6.45) is 2.96. The number of amides is 4. The second-order valence-corrected chi connectivity index (χ2v) is 10.6. The molecule has 0 aromatic heterocycles. The van der Waals surface area contributed by atoms with Gasteiger partial charge in [-0.2, -0.15) is 8.42 Å². The van der Waals surface area contributed by atoms with E-state index in [9.17, 15) is 22.8 Å². The Morgan fingerprint density at radius 2 is 1.71 bits per heavy atom. The second kappa shape index (κ2) is 12.3. The Morgan fingerprint density at radius 3 is 2.32 bits per heavy atom. The molecule has 3 aromatic rings. The van der Waals surface area contributed by atoms with Crippen molar-refractivity contribution in [2.24, 2.45) is 0 Å². The van der Waals surface area contributed by atoms with Crippen LogP contribution in [0.1, 0.15) is 18.1 Å². The number of carbonyl (C=O) groups is 3. The molecular formula is C29H25ClN2O8S. The summed E-state index contributed by atoms with van der Waals surface area (Å²) in [7, 11) is -2.96. The van der Waals surface area contributed by atoms with Gasteiger partial charge in [-0.05, 0) is 85.6 Å². The van der Waals surface area contributed by atoms with Crippen molar-refractivity contribution in [1.82, 2.24) is 5.32 Å². The molecule has 41 heavy (non-hydrogen) atoms. The van der Waals surface area contributed by atoms with E-state index in [1.54, 1.807) is 12.1 Å². The lowest BCUT2D eigenvalue weighted by Gasteiger charge is -2.26. The molecular weight excluding hydrogens is 572 g/mol. The molecule has 1 saturated heterocycles. The maximum atomic E-state index is 13.3. The van der Waals surface area contributed by atoms with Gasteiger partial charge in [-0.25, -0.2) is 9.69 Å². The second-order valence-electron chi connectivity index (χ2n) is 8.58. The third kappa shape index (κ3) is 6.42. The summed E-state index contributed by atoms with van der Waals surface area (Å²) in [5.74, 6) is -1.25. The summed E-state index contributed by atoms with van der Waals surface area (Å²) in [5, 5.41) is 2.52. The quantitative estimate of drug-likeness (QED) is 0.151. The number of benzene rings is 3. The van der Waals surface area contributed by atoms with Gasteiger partial charge < -0.3 is 13.7 Å². The molecule has 1 N–H and O–H groups in total. The van der Waals surface area contributed by atoms with E-state index in [2.05, 4.69) is 11.9 Å². The van der Waals surface area contributed by atoms with Gasteiger partial charge in [-0.1, -0.05) is 17.7 Å². The highest BCUT2D eigenvalue weighted by Crippen LogP contribution is 2.37. The first-order valence-electron chi connectivity index (χ1n) is 12.2. The minimum atomic E-state index is -4.27. The molecule has 0 bridgehead atoms. The Labute approximate surface area is 241 Å². The molecule has 212 valence electrons. The van der Waals surface area contributed by atoms with Gasteiger partial charge in [-0.15, -0.1) is 6.58 Å². The molecule has 1 aliphatic heterocycles. The molecule has 4 amide bonds. The van der Waals surface area contributed by atoms with Gasteiger partial charge in [0.25, 0.3) is 11.8 Å². The molecule has 1 heterocycles. The smallest absolute Gasteiger partial charge is 0.339 e. The Balaban J connectivity index is 1.73. The van der Waals surface area contributed by atoms with E-state index in [-0.39, 0.29) is 34.1 Å². The minimum Gasteiger partial charge on any atom is -0.494 e. The van der Waals surface area contributed by atoms with Crippen LogP contribution >= 0.6 is 11.6 Å². The maximum absolute atomic E-state index is 13.3. The number of hydrogen-bond acceptors (Lipinski definition) is 8. The molecule has 0 radical (unpaired) electrons. The topological polar surface area (TPSA) is 128 Å². The summed E-state index contributed by atoms with van der Waals surface area (Å²) >= 11 is 5.87. The SMILES string of the molecule is C=CCc1cc(/C=C2\C(=O)NC(=O)N(c3ccc(OCC)cc3)C2=O)cc(OC)c1OS(=O)(=O)c1ccc(Cl)cc1. The lowest BCUT2D eigenvalue weighted by atomic mass is 10.0. The van der Waals surface area contributed by atoms with Crippen molar-refractivity contribution in [2.75, 3.05) is 18.6 Å². The first kappa shape index (κ1) is 29.4. The number of barbiturate groups is 1. The van der Waals surface area contributed by atoms with Gasteiger partial charge in [0.05, 0.1) is 19.4 Å². The molecule has 3 aromatic carbocycles. The van der Waals surface area contributed by atoms with Crippen LogP contribution in [0.3, 0.4) is 0 Å². The number of methoxy groups -OCH3 is 1. The number of halogens is 1. The van der Waals surface area contributed by atoms with Crippen molar-refractivity contribution in [3.8, 4) is 17.2 Å². The molecule has 10 nitrogen and oxygen atoms in total. The number of rotatable bonds is 10. The minimum absolute atomic E-state index is 0.0249. The van der Waals surface area contributed by atoms with E-state index in [1.807, 2.05) is 6.92 Å². The Kier molecular flexibility index (Phi) is 8.80. The first-order chi connectivity index (χ1) is 19.6. The zero-order valence-corrected chi connectivity index (χ0v) is 23.6. The lowest BCUT2D eigenvalue weighted by molar-refractivity contribution is -0.122. The third-order valence-corrected chi connectivity index (χ3v) is 7.34. The number of imide groups is 2. The number of nitrogens with one attached hydrogen (secondary N) is 1. The average Bonchev–Trinajstić information content (AvgIpc) is 2.93. The van der Waals surface area contributed by atoms with Gasteiger partial charge in [0.1, 0.15) is 16.2 Å². The molecule has 0 atom stereocenters. The number of anilines is 1. The molecule has 0 unspecified atom stereocenters. The summed E-state index contributed by atoms with van der Waals surface area (Å²) in [6, 6.07) is 13.7. The largest absolute Gasteiger partial charge is 0.494 e. The zero-order chi connectivity index (χ0) is 29.7. The van der Waals surface area contributed by atoms with Gasteiger partial charge in [0, 0.05) is 10.6 Å². The molecule has 1 aliphatic rings. The van der Waals surface area contributed by atoms with Gasteiger partial charge in [-0.3, -0.25) is 14.9 Å². The Hall–Kier alpha value is -4.61. The highest BCUT2D eigenvalue weighted by molar-refractivity contribution is 7.87.